The lowest BCUT2D eigenvalue weighted by atomic mass is 9.64. The number of hydrogen-bond acceptors (Lipinski definition) is 4. The Hall–Kier alpha value is -0.870. The highest BCUT2D eigenvalue weighted by molar-refractivity contribution is 5.01. The Labute approximate surface area is 109 Å². The zero-order valence-electron chi connectivity index (χ0n) is 11.6. The van der Waals surface area contributed by atoms with E-state index < -0.39 is 0 Å². The van der Waals surface area contributed by atoms with E-state index in [1.807, 2.05) is 6.07 Å². The zero-order valence-corrected chi connectivity index (χ0v) is 11.6. The molecule has 4 nitrogen and oxygen atoms in total. The Morgan fingerprint density at radius 2 is 2.28 bits per heavy atom. The van der Waals surface area contributed by atoms with Crippen LogP contribution in [0.3, 0.4) is 0 Å². The van der Waals surface area contributed by atoms with Crippen LogP contribution in [-0.4, -0.2) is 22.4 Å². The number of hydrogen-bond donors (Lipinski definition) is 2. The Morgan fingerprint density at radius 3 is 2.83 bits per heavy atom. The number of aromatic nitrogens is 1. The van der Waals surface area contributed by atoms with Crippen LogP contribution in [0.1, 0.15) is 45.8 Å². The zero-order chi connectivity index (χ0) is 13.2. The Balaban J connectivity index is 2.05. The summed E-state index contributed by atoms with van der Waals surface area (Å²) in [5.41, 5.74) is 0.0861. The van der Waals surface area contributed by atoms with Gasteiger partial charge in [-0.05, 0) is 30.6 Å². The lowest BCUT2D eigenvalue weighted by molar-refractivity contribution is 0.0338. The number of nitrogens with zero attached hydrogens (tertiary/aromatic N) is 1. The minimum absolute atomic E-state index is 0.176. The van der Waals surface area contributed by atoms with Gasteiger partial charge in [0.2, 0.25) is 0 Å². The van der Waals surface area contributed by atoms with E-state index in [0.29, 0.717) is 12.5 Å². The molecule has 1 aliphatic carbocycles. The number of aliphatic hydroxyl groups excluding tert-OH is 1. The van der Waals surface area contributed by atoms with Crippen molar-refractivity contribution in [3.8, 4) is 0 Å². The van der Waals surface area contributed by atoms with Gasteiger partial charge < -0.3 is 14.9 Å². The molecule has 1 fully saturated rings. The van der Waals surface area contributed by atoms with E-state index in [2.05, 4.69) is 31.2 Å². The first kappa shape index (κ1) is 13.6. The van der Waals surface area contributed by atoms with Gasteiger partial charge in [-0.2, -0.15) is 0 Å². The molecule has 1 heterocycles. The molecule has 0 unspecified atom stereocenters. The summed E-state index contributed by atoms with van der Waals surface area (Å²) >= 11 is 0. The molecule has 1 aromatic heterocycles. The van der Waals surface area contributed by atoms with Crippen molar-refractivity contribution < 1.29 is 9.63 Å². The lowest BCUT2D eigenvalue weighted by Crippen LogP contribution is -2.54. The van der Waals surface area contributed by atoms with Crippen LogP contribution in [0.25, 0.3) is 0 Å². The van der Waals surface area contributed by atoms with E-state index in [0.717, 1.165) is 18.6 Å². The van der Waals surface area contributed by atoms with Gasteiger partial charge in [0, 0.05) is 11.6 Å². The maximum absolute atomic E-state index is 9.81. The van der Waals surface area contributed by atoms with Crippen molar-refractivity contribution >= 4 is 0 Å². The summed E-state index contributed by atoms with van der Waals surface area (Å²) in [6.07, 6.45) is 4.88. The molecule has 2 N–H and O–H groups in total. The average molecular weight is 252 g/mol. The maximum Gasteiger partial charge on any atom is 0.150 e. The fourth-order valence-electron chi connectivity index (χ4n) is 3.66. The highest BCUT2D eigenvalue weighted by atomic mass is 16.5. The summed E-state index contributed by atoms with van der Waals surface area (Å²) < 4.78 is 5.10. The first-order valence-corrected chi connectivity index (χ1v) is 6.70. The van der Waals surface area contributed by atoms with E-state index in [-0.39, 0.29) is 17.6 Å². The largest absolute Gasteiger partial charge is 0.394 e. The quantitative estimate of drug-likeness (QED) is 0.863. The van der Waals surface area contributed by atoms with Gasteiger partial charge in [-0.1, -0.05) is 25.9 Å². The highest BCUT2D eigenvalue weighted by Crippen LogP contribution is 2.43. The van der Waals surface area contributed by atoms with E-state index in [1.54, 1.807) is 6.20 Å². The first-order chi connectivity index (χ1) is 8.45. The van der Waals surface area contributed by atoms with Gasteiger partial charge in [0.15, 0.2) is 0 Å². The number of aliphatic hydroxyl groups is 1. The summed E-state index contributed by atoms with van der Waals surface area (Å²) in [6.45, 7) is 7.63. The van der Waals surface area contributed by atoms with Gasteiger partial charge in [0.25, 0.3) is 0 Å². The average Bonchev–Trinajstić information content (AvgIpc) is 2.76. The molecular weight excluding hydrogens is 228 g/mol. The smallest absolute Gasteiger partial charge is 0.150 e. The standard InChI is InChI=1S/C14H24N2O2/c1-11-6-13(2,3)9-14(7-11,10-17)15-8-12-4-5-16-18-12/h4-5,11,15,17H,6-10H2,1-3H3/t11-,14+/m0/s1. The van der Waals surface area contributed by atoms with E-state index in [1.165, 1.54) is 6.42 Å². The molecule has 0 saturated heterocycles. The first-order valence-electron chi connectivity index (χ1n) is 6.70. The normalized spacial score (nSPS) is 31.4. The lowest BCUT2D eigenvalue weighted by Gasteiger charge is -2.47. The maximum atomic E-state index is 9.81. The SMILES string of the molecule is C[C@H]1CC(C)(C)C[C@](CO)(NCc2ccno2)C1. The number of nitrogens with one attached hydrogen (secondary N) is 1. The van der Waals surface area contributed by atoms with Crippen molar-refractivity contribution in [3.63, 3.8) is 0 Å². The van der Waals surface area contributed by atoms with E-state index in [4.69, 9.17) is 4.52 Å². The van der Waals surface area contributed by atoms with Crippen LogP contribution in [0, 0.1) is 11.3 Å². The van der Waals surface area contributed by atoms with Crippen molar-refractivity contribution in [2.75, 3.05) is 6.61 Å². The molecule has 4 heteroatoms. The topological polar surface area (TPSA) is 58.3 Å². The predicted molar refractivity (Wildman–Crippen MR) is 70.0 cm³/mol. The summed E-state index contributed by atoms with van der Waals surface area (Å²) in [4.78, 5) is 0. The van der Waals surface area contributed by atoms with Gasteiger partial charge >= 0.3 is 0 Å². The minimum Gasteiger partial charge on any atom is -0.394 e. The number of rotatable bonds is 4. The van der Waals surface area contributed by atoms with E-state index in [9.17, 15) is 5.11 Å². The summed E-state index contributed by atoms with van der Waals surface area (Å²) in [7, 11) is 0. The monoisotopic (exact) mass is 252 g/mol. The van der Waals surface area contributed by atoms with Crippen molar-refractivity contribution in [1.29, 1.82) is 0 Å². The van der Waals surface area contributed by atoms with Crippen LogP contribution in [0.2, 0.25) is 0 Å². The molecule has 0 radical (unpaired) electrons. The molecule has 0 bridgehead atoms. The highest BCUT2D eigenvalue weighted by Gasteiger charge is 2.42. The summed E-state index contributed by atoms with van der Waals surface area (Å²) in [5, 5.41) is 17.0. The third kappa shape index (κ3) is 3.12. The second-order valence-electron chi connectivity index (χ2n) is 6.63. The Morgan fingerprint density at radius 1 is 1.50 bits per heavy atom. The van der Waals surface area contributed by atoms with Crippen LogP contribution < -0.4 is 5.32 Å². The van der Waals surface area contributed by atoms with E-state index >= 15 is 0 Å². The second-order valence-corrected chi connectivity index (χ2v) is 6.63. The van der Waals surface area contributed by atoms with Crippen LogP contribution in [0.5, 0.6) is 0 Å². The van der Waals surface area contributed by atoms with Gasteiger partial charge in [-0.15, -0.1) is 0 Å². The third-order valence-corrected chi connectivity index (χ3v) is 3.89. The molecule has 0 spiro atoms. The Bertz CT molecular complexity index is 375. The summed E-state index contributed by atoms with van der Waals surface area (Å²) in [6, 6.07) is 1.86. The predicted octanol–water partition coefficient (Wildman–Crippen LogP) is 2.34. The molecule has 102 valence electrons. The molecule has 1 aromatic rings. The van der Waals surface area contributed by atoms with Crippen LogP contribution in [0.4, 0.5) is 0 Å². The third-order valence-electron chi connectivity index (χ3n) is 3.89. The summed E-state index contributed by atoms with van der Waals surface area (Å²) in [5.74, 6) is 1.45. The van der Waals surface area contributed by atoms with Crippen LogP contribution in [0.15, 0.2) is 16.8 Å². The molecular formula is C14H24N2O2. The van der Waals surface area contributed by atoms with Crippen molar-refractivity contribution in [2.24, 2.45) is 11.3 Å². The van der Waals surface area contributed by atoms with Gasteiger partial charge in [0.05, 0.1) is 19.3 Å². The second kappa shape index (κ2) is 5.02. The van der Waals surface area contributed by atoms with Crippen molar-refractivity contribution in [1.82, 2.24) is 10.5 Å². The Kier molecular flexibility index (Phi) is 3.78. The molecule has 1 aliphatic rings. The van der Waals surface area contributed by atoms with Crippen LogP contribution >= 0.6 is 0 Å². The van der Waals surface area contributed by atoms with Crippen molar-refractivity contribution in [3.05, 3.63) is 18.0 Å². The molecule has 2 rings (SSSR count). The molecule has 0 aromatic carbocycles. The van der Waals surface area contributed by atoms with Gasteiger partial charge in [0.1, 0.15) is 5.76 Å². The molecule has 18 heavy (non-hydrogen) atoms. The fourth-order valence-corrected chi connectivity index (χ4v) is 3.66. The van der Waals surface area contributed by atoms with Gasteiger partial charge in [-0.3, -0.25) is 0 Å². The molecule has 1 saturated carbocycles. The minimum atomic E-state index is -0.187. The molecule has 0 aliphatic heterocycles. The molecule has 2 atom stereocenters. The molecule has 0 amide bonds. The van der Waals surface area contributed by atoms with Crippen molar-refractivity contribution in [2.45, 2.75) is 52.1 Å². The van der Waals surface area contributed by atoms with Crippen LogP contribution in [-0.2, 0) is 6.54 Å². The van der Waals surface area contributed by atoms with Gasteiger partial charge in [-0.25, -0.2) is 0 Å². The fraction of sp³-hybridized carbons (Fsp3) is 0.786.